The lowest BCUT2D eigenvalue weighted by Crippen LogP contribution is -2.38. The van der Waals surface area contributed by atoms with E-state index in [1.807, 2.05) is 24.3 Å². The Kier molecular flexibility index (Phi) is 4.86. The molecular weight excluding hydrogens is 272 g/mol. The number of anilines is 1. The molecule has 0 aliphatic carbocycles. The summed E-state index contributed by atoms with van der Waals surface area (Å²) in [6.07, 6.45) is -1.40. The Bertz CT molecular complexity index is 431. The van der Waals surface area contributed by atoms with E-state index in [0.717, 1.165) is 37.2 Å². The van der Waals surface area contributed by atoms with E-state index in [0.29, 0.717) is 0 Å². The first-order chi connectivity index (χ1) is 9.50. The van der Waals surface area contributed by atoms with Crippen LogP contribution in [0.3, 0.4) is 0 Å². The van der Waals surface area contributed by atoms with Crippen molar-refractivity contribution in [3.05, 3.63) is 29.8 Å². The lowest BCUT2D eigenvalue weighted by molar-refractivity contribution is -0.125. The van der Waals surface area contributed by atoms with Crippen LogP contribution in [0.5, 0.6) is 0 Å². The molecule has 0 bridgehead atoms. The molecule has 1 aromatic carbocycles. The summed E-state index contributed by atoms with van der Waals surface area (Å²) in [7, 11) is 0. The number of hydrogen-bond acceptors (Lipinski definition) is 2. The van der Waals surface area contributed by atoms with Crippen molar-refractivity contribution < 1.29 is 17.6 Å². The van der Waals surface area contributed by atoms with E-state index in [1.54, 1.807) is 0 Å². The maximum Gasteiger partial charge on any atom is 0.319 e. The molecule has 0 spiro atoms. The van der Waals surface area contributed by atoms with E-state index in [-0.39, 0.29) is 6.54 Å². The number of nitrogens with zero attached hydrogens (tertiary/aromatic N) is 1. The smallest absolute Gasteiger partial charge is 0.319 e. The van der Waals surface area contributed by atoms with E-state index in [2.05, 4.69) is 10.2 Å². The Morgan fingerprint density at radius 2 is 1.80 bits per heavy atom. The standard InChI is InChI=1S/C14H18F4N2/c15-13(16)14(17,18)10-19-9-11-5-1-2-6-12(11)20-7-3-4-8-20/h1-2,5-6,13,19H,3-4,7-10H2. The van der Waals surface area contributed by atoms with Crippen LogP contribution in [0.25, 0.3) is 0 Å². The molecule has 1 aliphatic rings. The van der Waals surface area contributed by atoms with Crippen LogP contribution in [-0.2, 0) is 6.54 Å². The lowest BCUT2D eigenvalue weighted by atomic mass is 10.1. The van der Waals surface area contributed by atoms with Crippen LogP contribution < -0.4 is 10.2 Å². The van der Waals surface area contributed by atoms with E-state index >= 15 is 0 Å². The van der Waals surface area contributed by atoms with E-state index < -0.39 is 18.9 Å². The van der Waals surface area contributed by atoms with Crippen LogP contribution in [0.2, 0.25) is 0 Å². The molecule has 1 saturated heterocycles. The fraction of sp³-hybridized carbons (Fsp3) is 0.571. The molecule has 0 aromatic heterocycles. The molecule has 1 N–H and O–H groups in total. The third-order valence-corrected chi connectivity index (χ3v) is 3.43. The first-order valence-electron chi connectivity index (χ1n) is 6.70. The van der Waals surface area contributed by atoms with Crippen LogP contribution in [0.4, 0.5) is 23.2 Å². The number of benzene rings is 1. The van der Waals surface area contributed by atoms with Gasteiger partial charge in [0.05, 0.1) is 6.54 Å². The Labute approximate surface area is 115 Å². The number of para-hydroxylation sites is 1. The van der Waals surface area contributed by atoms with Crippen molar-refractivity contribution in [3.63, 3.8) is 0 Å². The van der Waals surface area contributed by atoms with Gasteiger partial charge in [-0.1, -0.05) is 18.2 Å². The Morgan fingerprint density at radius 1 is 1.15 bits per heavy atom. The second kappa shape index (κ2) is 6.43. The fourth-order valence-corrected chi connectivity index (χ4v) is 2.37. The van der Waals surface area contributed by atoms with Gasteiger partial charge in [-0.3, -0.25) is 0 Å². The van der Waals surface area contributed by atoms with Crippen LogP contribution in [0.1, 0.15) is 18.4 Å². The summed E-state index contributed by atoms with van der Waals surface area (Å²) in [6.45, 7) is 1.04. The monoisotopic (exact) mass is 290 g/mol. The van der Waals surface area contributed by atoms with Gasteiger partial charge in [-0.15, -0.1) is 0 Å². The number of halogens is 4. The maximum atomic E-state index is 12.8. The summed E-state index contributed by atoms with van der Waals surface area (Å²) in [5, 5.41) is 2.43. The first-order valence-corrected chi connectivity index (χ1v) is 6.70. The predicted octanol–water partition coefficient (Wildman–Crippen LogP) is 3.28. The first kappa shape index (κ1) is 15.1. The van der Waals surface area contributed by atoms with Crippen molar-refractivity contribution in [2.45, 2.75) is 31.7 Å². The summed E-state index contributed by atoms with van der Waals surface area (Å²) in [4.78, 5) is 2.20. The van der Waals surface area contributed by atoms with Crippen LogP contribution >= 0.6 is 0 Å². The highest BCUT2D eigenvalue weighted by molar-refractivity contribution is 5.54. The summed E-state index contributed by atoms with van der Waals surface area (Å²) < 4.78 is 49.8. The van der Waals surface area contributed by atoms with Crippen molar-refractivity contribution >= 4 is 5.69 Å². The van der Waals surface area contributed by atoms with Gasteiger partial charge in [-0.25, -0.2) is 8.78 Å². The Morgan fingerprint density at radius 3 is 2.45 bits per heavy atom. The normalized spacial score (nSPS) is 16.1. The van der Waals surface area contributed by atoms with Crippen molar-refractivity contribution in [1.29, 1.82) is 0 Å². The molecule has 1 aliphatic heterocycles. The molecule has 0 amide bonds. The molecule has 6 heteroatoms. The average Bonchev–Trinajstić information content (AvgIpc) is 2.92. The van der Waals surface area contributed by atoms with Gasteiger partial charge in [0.1, 0.15) is 0 Å². The minimum atomic E-state index is -3.98. The Balaban J connectivity index is 1.96. The molecule has 1 fully saturated rings. The molecule has 0 atom stereocenters. The highest BCUT2D eigenvalue weighted by atomic mass is 19.3. The van der Waals surface area contributed by atoms with Crippen LogP contribution in [0.15, 0.2) is 24.3 Å². The van der Waals surface area contributed by atoms with Crippen molar-refractivity contribution in [2.75, 3.05) is 24.5 Å². The van der Waals surface area contributed by atoms with Crippen molar-refractivity contribution in [2.24, 2.45) is 0 Å². The molecule has 1 aromatic rings. The van der Waals surface area contributed by atoms with Gasteiger partial charge in [0.15, 0.2) is 0 Å². The minimum absolute atomic E-state index is 0.162. The van der Waals surface area contributed by atoms with Crippen molar-refractivity contribution in [1.82, 2.24) is 5.32 Å². The van der Waals surface area contributed by atoms with Gasteiger partial charge in [0, 0.05) is 25.3 Å². The Hall–Kier alpha value is -1.30. The zero-order valence-corrected chi connectivity index (χ0v) is 11.1. The second-order valence-corrected chi connectivity index (χ2v) is 4.99. The van der Waals surface area contributed by atoms with E-state index in [4.69, 9.17) is 0 Å². The van der Waals surface area contributed by atoms with Gasteiger partial charge in [0.25, 0.3) is 0 Å². The lowest BCUT2D eigenvalue weighted by Gasteiger charge is -2.22. The summed E-state index contributed by atoms with van der Waals surface area (Å²) in [6, 6.07) is 7.49. The molecule has 0 saturated carbocycles. The zero-order chi connectivity index (χ0) is 14.6. The summed E-state index contributed by atoms with van der Waals surface area (Å²) >= 11 is 0. The number of alkyl halides is 4. The second-order valence-electron chi connectivity index (χ2n) is 4.99. The largest absolute Gasteiger partial charge is 0.371 e. The molecule has 2 nitrogen and oxygen atoms in total. The SMILES string of the molecule is FC(F)C(F)(F)CNCc1ccccc1N1CCCC1. The van der Waals surface area contributed by atoms with Gasteiger partial charge in [-0.2, -0.15) is 8.78 Å². The molecule has 112 valence electrons. The fourth-order valence-electron chi connectivity index (χ4n) is 2.37. The molecular formula is C14H18F4N2. The summed E-state index contributed by atoms with van der Waals surface area (Å²) in [5.74, 6) is -3.98. The van der Waals surface area contributed by atoms with Gasteiger partial charge in [-0.05, 0) is 24.5 Å². The van der Waals surface area contributed by atoms with E-state index in [9.17, 15) is 17.6 Å². The number of hydrogen-bond donors (Lipinski definition) is 1. The molecule has 20 heavy (non-hydrogen) atoms. The predicted molar refractivity (Wildman–Crippen MR) is 70.5 cm³/mol. The van der Waals surface area contributed by atoms with Crippen molar-refractivity contribution in [3.8, 4) is 0 Å². The quantitative estimate of drug-likeness (QED) is 0.809. The highest BCUT2D eigenvalue weighted by Crippen LogP contribution is 2.25. The van der Waals surface area contributed by atoms with Gasteiger partial charge in [0.2, 0.25) is 0 Å². The van der Waals surface area contributed by atoms with Crippen LogP contribution in [-0.4, -0.2) is 32.0 Å². The number of rotatable bonds is 6. The van der Waals surface area contributed by atoms with Crippen LogP contribution in [0, 0.1) is 0 Å². The number of nitrogens with one attached hydrogen (secondary N) is 1. The zero-order valence-electron chi connectivity index (χ0n) is 11.1. The molecule has 0 radical (unpaired) electrons. The topological polar surface area (TPSA) is 15.3 Å². The summed E-state index contributed by atoms with van der Waals surface area (Å²) in [5.41, 5.74) is 1.86. The third-order valence-electron chi connectivity index (χ3n) is 3.43. The average molecular weight is 290 g/mol. The highest BCUT2D eigenvalue weighted by Gasteiger charge is 2.40. The molecule has 0 unspecified atom stereocenters. The third kappa shape index (κ3) is 3.62. The van der Waals surface area contributed by atoms with E-state index in [1.165, 1.54) is 0 Å². The molecule has 2 rings (SSSR count). The maximum absolute atomic E-state index is 12.8. The van der Waals surface area contributed by atoms with Gasteiger partial charge >= 0.3 is 12.3 Å². The minimum Gasteiger partial charge on any atom is -0.371 e. The van der Waals surface area contributed by atoms with Gasteiger partial charge < -0.3 is 10.2 Å². The molecule has 1 heterocycles.